The molecule has 0 saturated heterocycles. The Kier molecular flexibility index (Phi) is 2.27. The van der Waals surface area contributed by atoms with Crippen LogP contribution in [-0.2, 0) is 0 Å². The number of nitrogens with one attached hydrogen (secondary N) is 1. The van der Waals surface area contributed by atoms with Gasteiger partial charge in [-0.05, 0) is 37.8 Å². The molecule has 1 aromatic rings. The van der Waals surface area contributed by atoms with Crippen LogP contribution >= 0.6 is 0 Å². The van der Waals surface area contributed by atoms with E-state index in [1.807, 2.05) is 0 Å². The summed E-state index contributed by atoms with van der Waals surface area (Å²) >= 11 is 0. The summed E-state index contributed by atoms with van der Waals surface area (Å²) in [5, 5.41) is 3.30. The van der Waals surface area contributed by atoms with Gasteiger partial charge in [0, 0.05) is 6.07 Å². The summed E-state index contributed by atoms with van der Waals surface area (Å²) in [5.74, 6) is 0.587. The maximum atomic E-state index is 13.0. The first-order chi connectivity index (χ1) is 7.77. The van der Waals surface area contributed by atoms with Crippen molar-refractivity contribution >= 4 is 5.69 Å². The van der Waals surface area contributed by atoms with E-state index in [0.29, 0.717) is 0 Å². The molecule has 1 aliphatic heterocycles. The lowest BCUT2D eigenvalue weighted by Crippen LogP contribution is -2.47. The number of hydrogen-bond donors (Lipinski definition) is 1. The second-order valence-corrected chi connectivity index (χ2v) is 4.84. The largest absolute Gasteiger partial charge is 0.483 e. The van der Waals surface area contributed by atoms with E-state index >= 15 is 0 Å². The zero-order valence-corrected chi connectivity index (χ0v) is 9.26. The van der Waals surface area contributed by atoms with Gasteiger partial charge in [-0.3, -0.25) is 0 Å². The van der Waals surface area contributed by atoms with Crippen molar-refractivity contribution in [2.75, 3.05) is 11.9 Å². The van der Waals surface area contributed by atoms with Gasteiger partial charge < -0.3 is 10.1 Å². The van der Waals surface area contributed by atoms with Crippen molar-refractivity contribution < 1.29 is 9.13 Å². The fraction of sp³-hybridized carbons (Fsp3) is 0.538. The van der Waals surface area contributed by atoms with E-state index in [2.05, 4.69) is 5.32 Å². The van der Waals surface area contributed by atoms with Crippen LogP contribution in [-0.4, -0.2) is 12.1 Å². The summed E-state index contributed by atoms with van der Waals surface area (Å²) in [6, 6.07) is 4.70. The van der Waals surface area contributed by atoms with Crippen molar-refractivity contribution in [3.05, 3.63) is 24.0 Å². The number of anilines is 1. The molecule has 1 aromatic carbocycles. The van der Waals surface area contributed by atoms with E-state index in [9.17, 15) is 4.39 Å². The van der Waals surface area contributed by atoms with Crippen molar-refractivity contribution in [1.29, 1.82) is 0 Å². The van der Waals surface area contributed by atoms with Crippen LogP contribution in [0.25, 0.3) is 0 Å². The maximum Gasteiger partial charge on any atom is 0.143 e. The van der Waals surface area contributed by atoms with Gasteiger partial charge in [-0.2, -0.15) is 0 Å². The first kappa shape index (κ1) is 9.94. The predicted octanol–water partition coefficient (Wildman–Crippen LogP) is 3.33. The minimum absolute atomic E-state index is 0.0386. The first-order valence-electron chi connectivity index (χ1n) is 6.00. The van der Waals surface area contributed by atoms with Gasteiger partial charge in [0.15, 0.2) is 0 Å². The fourth-order valence-electron chi connectivity index (χ4n) is 2.73. The molecule has 86 valence electrons. The van der Waals surface area contributed by atoms with Crippen LogP contribution in [0.4, 0.5) is 10.1 Å². The Labute approximate surface area is 94.8 Å². The van der Waals surface area contributed by atoms with Gasteiger partial charge in [0.05, 0.1) is 12.2 Å². The monoisotopic (exact) mass is 221 g/mol. The quantitative estimate of drug-likeness (QED) is 0.725. The Balaban J connectivity index is 1.88. The maximum absolute atomic E-state index is 13.0. The predicted molar refractivity (Wildman–Crippen MR) is 61.3 cm³/mol. The van der Waals surface area contributed by atoms with Gasteiger partial charge in [0.1, 0.15) is 17.2 Å². The molecule has 3 heteroatoms. The van der Waals surface area contributed by atoms with Gasteiger partial charge >= 0.3 is 0 Å². The average Bonchev–Trinajstić information content (AvgIpc) is 2.31. The van der Waals surface area contributed by atoms with Gasteiger partial charge in [-0.15, -0.1) is 0 Å². The third kappa shape index (κ3) is 1.64. The summed E-state index contributed by atoms with van der Waals surface area (Å²) in [6.07, 6.45) is 5.99. The highest BCUT2D eigenvalue weighted by Crippen LogP contribution is 2.40. The Morgan fingerprint density at radius 1 is 1.19 bits per heavy atom. The number of halogens is 1. The van der Waals surface area contributed by atoms with Crippen LogP contribution < -0.4 is 10.1 Å². The van der Waals surface area contributed by atoms with Crippen LogP contribution in [0.3, 0.4) is 0 Å². The van der Waals surface area contributed by atoms with E-state index in [1.165, 1.54) is 31.4 Å². The zero-order valence-electron chi connectivity index (χ0n) is 9.26. The Bertz CT molecular complexity index is 399. The highest BCUT2D eigenvalue weighted by Gasteiger charge is 2.37. The SMILES string of the molecule is Fc1ccc2c(c1)NCC1(CCCCC1)O2. The Morgan fingerprint density at radius 3 is 2.81 bits per heavy atom. The summed E-state index contributed by atoms with van der Waals surface area (Å²) < 4.78 is 19.1. The molecule has 0 amide bonds. The zero-order chi connectivity index (χ0) is 11.0. The van der Waals surface area contributed by atoms with Crippen LogP contribution in [0.2, 0.25) is 0 Å². The number of rotatable bonds is 0. The van der Waals surface area contributed by atoms with Crippen molar-refractivity contribution in [2.24, 2.45) is 0 Å². The second-order valence-electron chi connectivity index (χ2n) is 4.84. The molecule has 1 N–H and O–H groups in total. The van der Waals surface area contributed by atoms with Gasteiger partial charge in [0.2, 0.25) is 0 Å². The summed E-state index contributed by atoms with van der Waals surface area (Å²) in [6.45, 7) is 0.809. The van der Waals surface area contributed by atoms with Gasteiger partial charge in [-0.1, -0.05) is 6.42 Å². The van der Waals surface area contributed by atoms with Crippen molar-refractivity contribution in [3.63, 3.8) is 0 Å². The summed E-state index contributed by atoms with van der Waals surface area (Å²) in [7, 11) is 0. The van der Waals surface area contributed by atoms with E-state index in [0.717, 1.165) is 30.8 Å². The molecule has 1 aliphatic carbocycles. The summed E-state index contributed by atoms with van der Waals surface area (Å²) in [4.78, 5) is 0. The molecule has 0 bridgehead atoms. The van der Waals surface area contributed by atoms with Crippen LogP contribution in [0, 0.1) is 5.82 Å². The van der Waals surface area contributed by atoms with Gasteiger partial charge in [0.25, 0.3) is 0 Å². The van der Waals surface area contributed by atoms with Crippen LogP contribution in [0.1, 0.15) is 32.1 Å². The third-order valence-electron chi connectivity index (χ3n) is 3.63. The molecule has 0 unspecified atom stereocenters. The van der Waals surface area contributed by atoms with E-state index < -0.39 is 0 Å². The molecular formula is C13H16FNO. The number of benzene rings is 1. The lowest BCUT2D eigenvalue weighted by molar-refractivity contribution is 0.0368. The fourth-order valence-corrected chi connectivity index (χ4v) is 2.73. The standard InChI is InChI=1S/C13H16FNO/c14-10-4-5-12-11(8-10)15-9-13(16-12)6-2-1-3-7-13/h4-5,8,15H,1-3,6-7,9H2. The molecule has 1 heterocycles. The minimum Gasteiger partial charge on any atom is -0.483 e. The molecule has 1 fully saturated rings. The summed E-state index contributed by atoms with van der Waals surface area (Å²) in [5.41, 5.74) is 0.750. The third-order valence-corrected chi connectivity index (χ3v) is 3.63. The number of fused-ring (bicyclic) bond motifs is 1. The van der Waals surface area contributed by atoms with E-state index in [-0.39, 0.29) is 11.4 Å². The van der Waals surface area contributed by atoms with E-state index in [1.54, 1.807) is 6.07 Å². The van der Waals surface area contributed by atoms with Crippen LogP contribution in [0.15, 0.2) is 18.2 Å². The molecule has 0 atom stereocenters. The van der Waals surface area contributed by atoms with Crippen LogP contribution in [0.5, 0.6) is 5.75 Å². The molecular weight excluding hydrogens is 205 g/mol. The second kappa shape index (κ2) is 3.65. The molecule has 0 radical (unpaired) electrons. The molecule has 16 heavy (non-hydrogen) atoms. The molecule has 1 spiro atoms. The number of ether oxygens (including phenoxy) is 1. The molecule has 2 nitrogen and oxygen atoms in total. The average molecular weight is 221 g/mol. The van der Waals surface area contributed by atoms with Crippen molar-refractivity contribution in [3.8, 4) is 5.75 Å². The Morgan fingerprint density at radius 2 is 2.00 bits per heavy atom. The van der Waals surface area contributed by atoms with Crippen molar-refractivity contribution in [2.45, 2.75) is 37.7 Å². The van der Waals surface area contributed by atoms with E-state index in [4.69, 9.17) is 4.74 Å². The highest BCUT2D eigenvalue weighted by molar-refractivity contribution is 5.58. The minimum atomic E-state index is -0.213. The number of hydrogen-bond acceptors (Lipinski definition) is 2. The molecule has 0 aromatic heterocycles. The van der Waals surface area contributed by atoms with Gasteiger partial charge in [-0.25, -0.2) is 4.39 Å². The molecule has 2 aliphatic rings. The molecule has 1 saturated carbocycles. The normalized spacial score (nSPS) is 22.1. The highest BCUT2D eigenvalue weighted by atomic mass is 19.1. The lowest BCUT2D eigenvalue weighted by Gasteiger charge is -2.41. The Hall–Kier alpha value is -1.25. The first-order valence-corrected chi connectivity index (χ1v) is 6.00. The smallest absolute Gasteiger partial charge is 0.143 e. The van der Waals surface area contributed by atoms with Crippen molar-refractivity contribution in [1.82, 2.24) is 0 Å². The molecule has 3 rings (SSSR count). The lowest BCUT2D eigenvalue weighted by atomic mass is 9.83. The topological polar surface area (TPSA) is 21.3 Å².